The topological polar surface area (TPSA) is 60.2 Å². The number of aliphatic hydroxyl groups excluding tert-OH is 1. The third-order valence-electron chi connectivity index (χ3n) is 4.51. The standard InChI is InChI=1S/C21H19N3O.BrH/c1-2-12-24-19(13-22)21(20(24)15-25)18-9-7-16(8-10-18)5-6-17-4-3-11-23-14-17;/h2-4,7-11,14,19-21,25H,1,12,15H2;1H/t19-,20-,21-;/m1./s1. The van der Waals surface area contributed by atoms with Crippen molar-refractivity contribution in [3.63, 3.8) is 0 Å². The van der Waals surface area contributed by atoms with E-state index in [-0.39, 0.29) is 41.6 Å². The van der Waals surface area contributed by atoms with Gasteiger partial charge in [0, 0.05) is 42.0 Å². The Balaban J connectivity index is 0.00000243. The molecule has 1 N–H and O–H groups in total. The maximum Gasteiger partial charge on any atom is 0.107 e. The molecule has 3 rings (SSSR count). The van der Waals surface area contributed by atoms with Crippen LogP contribution in [0.5, 0.6) is 0 Å². The van der Waals surface area contributed by atoms with Crippen LogP contribution in [0.15, 0.2) is 61.4 Å². The maximum absolute atomic E-state index is 9.68. The molecule has 0 radical (unpaired) electrons. The number of hydrogen-bond acceptors (Lipinski definition) is 4. The lowest BCUT2D eigenvalue weighted by atomic mass is 9.75. The van der Waals surface area contributed by atoms with Crippen molar-refractivity contribution in [2.75, 3.05) is 13.2 Å². The minimum absolute atomic E-state index is 0. The fraction of sp³-hybridized carbons (Fsp3) is 0.238. The third kappa shape index (κ3) is 4.03. The van der Waals surface area contributed by atoms with E-state index < -0.39 is 0 Å². The number of benzene rings is 1. The van der Waals surface area contributed by atoms with Crippen LogP contribution in [0, 0.1) is 23.2 Å². The third-order valence-corrected chi connectivity index (χ3v) is 4.51. The number of rotatable bonds is 4. The predicted octanol–water partition coefficient (Wildman–Crippen LogP) is 2.90. The molecule has 1 aromatic carbocycles. The first-order valence-electron chi connectivity index (χ1n) is 8.17. The van der Waals surface area contributed by atoms with Gasteiger partial charge in [-0.25, -0.2) is 0 Å². The van der Waals surface area contributed by atoms with E-state index in [0.29, 0.717) is 6.54 Å². The van der Waals surface area contributed by atoms with E-state index in [1.165, 1.54) is 0 Å². The van der Waals surface area contributed by atoms with Crippen molar-refractivity contribution in [1.82, 2.24) is 9.88 Å². The molecule has 2 heterocycles. The van der Waals surface area contributed by atoms with Crippen molar-refractivity contribution >= 4 is 17.0 Å². The molecular weight excluding hydrogens is 390 g/mol. The van der Waals surface area contributed by atoms with E-state index in [0.717, 1.165) is 16.7 Å². The second-order valence-electron chi connectivity index (χ2n) is 5.95. The molecule has 0 bridgehead atoms. The summed E-state index contributed by atoms with van der Waals surface area (Å²) in [4.78, 5) is 6.02. The number of pyridine rings is 1. The zero-order valence-electron chi connectivity index (χ0n) is 14.2. The highest BCUT2D eigenvalue weighted by Gasteiger charge is 2.48. The number of nitrogens with zero attached hydrogens (tertiary/aromatic N) is 3. The number of aromatic nitrogens is 1. The van der Waals surface area contributed by atoms with Gasteiger partial charge in [0.1, 0.15) is 6.04 Å². The molecule has 132 valence electrons. The summed E-state index contributed by atoms with van der Waals surface area (Å²) in [7, 11) is 0. The average Bonchev–Trinajstić information content (AvgIpc) is 2.65. The lowest BCUT2D eigenvalue weighted by molar-refractivity contribution is -0.00730. The average molecular weight is 410 g/mol. The first kappa shape index (κ1) is 19.9. The minimum Gasteiger partial charge on any atom is -0.395 e. The second-order valence-corrected chi connectivity index (χ2v) is 5.95. The summed E-state index contributed by atoms with van der Waals surface area (Å²) in [5, 5.41) is 19.1. The highest BCUT2D eigenvalue weighted by atomic mass is 79.9. The van der Waals surface area contributed by atoms with Crippen LogP contribution in [0.25, 0.3) is 0 Å². The molecule has 1 aliphatic heterocycles. The molecule has 0 spiro atoms. The monoisotopic (exact) mass is 409 g/mol. The molecular formula is C21H20BrN3O. The molecule has 26 heavy (non-hydrogen) atoms. The molecule has 0 aliphatic carbocycles. The van der Waals surface area contributed by atoms with Crippen molar-refractivity contribution in [1.29, 1.82) is 5.26 Å². The fourth-order valence-corrected chi connectivity index (χ4v) is 3.27. The number of nitriles is 1. The minimum atomic E-state index is -0.234. The smallest absolute Gasteiger partial charge is 0.107 e. The highest BCUT2D eigenvalue weighted by molar-refractivity contribution is 8.93. The molecule has 2 aromatic rings. The Morgan fingerprint density at radius 1 is 1.19 bits per heavy atom. The molecule has 4 nitrogen and oxygen atoms in total. The molecule has 1 saturated heterocycles. The van der Waals surface area contributed by atoms with Crippen LogP contribution in [-0.4, -0.2) is 40.2 Å². The molecule has 0 unspecified atom stereocenters. The van der Waals surface area contributed by atoms with Gasteiger partial charge in [-0.05, 0) is 29.8 Å². The number of hydrogen-bond donors (Lipinski definition) is 1. The van der Waals surface area contributed by atoms with Crippen molar-refractivity contribution in [2.24, 2.45) is 0 Å². The largest absolute Gasteiger partial charge is 0.395 e. The van der Waals surface area contributed by atoms with Crippen molar-refractivity contribution < 1.29 is 5.11 Å². The Kier molecular flexibility index (Phi) is 7.12. The Bertz CT molecular complexity index is 834. The van der Waals surface area contributed by atoms with Crippen molar-refractivity contribution in [3.05, 3.63) is 78.1 Å². The van der Waals surface area contributed by atoms with Gasteiger partial charge in [-0.1, -0.05) is 30.0 Å². The van der Waals surface area contributed by atoms with E-state index in [9.17, 15) is 10.4 Å². The SMILES string of the molecule is Br.C=CCN1[C@H](C#N)[C@@H](c2ccc(C#Cc3cccnc3)cc2)[C@H]1CO. The summed E-state index contributed by atoms with van der Waals surface area (Å²) >= 11 is 0. The van der Waals surface area contributed by atoms with Crippen LogP contribution in [0.2, 0.25) is 0 Å². The Morgan fingerprint density at radius 3 is 2.50 bits per heavy atom. The quantitative estimate of drug-likeness (QED) is 0.622. The number of halogens is 1. The molecule has 1 aliphatic rings. The summed E-state index contributed by atoms with van der Waals surface area (Å²) < 4.78 is 0. The first-order valence-corrected chi connectivity index (χ1v) is 8.17. The molecule has 0 saturated carbocycles. The van der Waals surface area contributed by atoms with Crippen LogP contribution in [0.1, 0.15) is 22.6 Å². The second kappa shape index (κ2) is 9.31. The predicted molar refractivity (Wildman–Crippen MR) is 107 cm³/mol. The Morgan fingerprint density at radius 2 is 1.92 bits per heavy atom. The molecule has 0 amide bonds. The summed E-state index contributed by atoms with van der Waals surface area (Å²) in [6, 6.07) is 13.7. The lowest BCUT2D eigenvalue weighted by Gasteiger charge is -2.51. The van der Waals surface area contributed by atoms with Gasteiger partial charge in [0.05, 0.1) is 12.7 Å². The van der Waals surface area contributed by atoms with Crippen LogP contribution in [-0.2, 0) is 0 Å². The van der Waals surface area contributed by atoms with Crippen LogP contribution in [0.4, 0.5) is 0 Å². The summed E-state index contributed by atoms with van der Waals surface area (Å²) in [6.07, 6.45) is 5.21. The zero-order valence-corrected chi connectivity index (χ0v) is 16.0. The fourth-order valence-electron chi connectivity index (χ4n) is 3.27. The van der Waals surface area contributed by atoms with E-state index in [1.807, 2.05) is 41.3 Å². The number of likely N-dealkylation sites (tertiary alicyclic amines) is 1. The Labute approximate surface area is 164 Å². The van der Waals surface area contributed by atoms with Gasteiger partial charge in [-0.2, -0.15) is 5.26 Å². The molecule has 3 atom stereocenters. The van der Waals surface area contributed by atoms with Crippen molar-refractivity contribution in [2.45, 2.75) is 18.0 Å². The van der Waals surface area contributed by atoms with Crippen LogP contribution < -0.4 is 0 Å². The van der Waals surface area contributed by atoms with Crippen molar-refractivity contribution in [3.8, 4) is 17.9 Å². The van der Waals surface area contributed by atoms with E-state index in [2.05, 4.69) is 29.5 Å². The van der Waals surface area contributed by atoms with Gasteiger partial charge >= 0.3 is 0 Å². The van der Waals surface area contributed by atoms with E-state index in [1.54, 1.807) is 18.5 Å². The lowest BCUT2D eigenvalue weighted by Crippen LogP contribution is -2.63. The molecule has 5 heteroatoms. The molecule has 1 aromatic heterocycles. The van der Waals surface area contributed by atoms with E-state index >= 15 is 0 Å². The van der Waals surface area contributed by atoms with Gasteiger partial charge < -0.3 is 5.11 Å². The first-order chi connectivity index (χ1) is 12.3. The normalized spacial score (nSPS) is 21.3. The van der Waals surface area contributed by atoms with Gasteiger partial charge in [-0.3, -0.25) is 9.88 Å². The Hall–Kier alpha value is -2.44. The van der Waals surface area contributed by atoms with Gasteiger partial charge in [0.15, 0.2) is 0 Å². The van der Waals surface area contributed by atoms with Crippen LogP contribution >= 0.6 is 17.0 Å². The molecule has 1 fully saturated rings. The summed E-state index contributed by atoms with van der Waals surface area (Å²) in [5.41, 5.74) is 2.83. The number of aliphatic hydroxyl groups is 1. The van der Waals surface area contributed by atoms with Gasteiger partial charge in [0.25, 0.3) is 0 Å². The van der Waals surface area contributed by atoms with Gasteiger partial charge in [-0.15, -0.1) is 23.6 Å². The maximum atomic E-state index is 9.68. The van der Waals surface area contributed by atoms with Gasteiger partial charge in [0.2, 0.25) is 0 Å². The zero-order chi connectivity index (χ0) is 17.6. The summed E-state index contributed by atoms with van der Waals surface area (Å²) in [5.74, 6) is 6.20. The van der Waals surface area contributed by atoms with E-state index in [4.69, 9.17) is 0 Å². The highest BCUT2D eigenvalue weighted by Crippen LogP contribution is 2.40. The summed E-state index contributed by atoms with van der Waals surface area (Å²) in [6.45, 7) is 4.36. The van der Waals surface area contributed by atoms with Crippen LogP contribution in [0.3, 0.4) is 0 Å².